The third kappa shape index (κ3) is 4.29. The number of carbonyl (C=O) groups is 1. The van der Waals surface area contributed by atoms with Gasteiger partial charge in [0, 0.05) is 30.1 Å². The summed E-state index contributed by atoms with van der Waals surface area (Å²) < 4.78 is 7.18. The maximum absolute atomic E-state index is 12.3. The quantitative estimate of drug-likeness (QED) is 0.457. The average Bonchev–Trinajstić information content (AvgIpc) is 3.54. The van der Waals surface area contributed by atoms with Crippen LogP contribution in [0.1, 0.15) is 30.7 Å². The van der Waals surface area contributed by atoms with Gasteiger partial charge in [0.2, 0.25) is 17.6 Å². The maximum Gasteiger partial charge on any atom is 0.231 e. The van der Waals surface area contributed by atoms with Gasteiger partial charge in [-0.3, -0.25) is 4.79 Å². The number of halogens is 1. The molecule has 31 heavy (non-hydrogen) atoms. The van der Waals surface area contributed by atoms with Gasteiger partial charge in [-0.05, 0) is 48.7 Å². The second-order valence-electron chi connectivity index (χ2n) is 7.67. The molecule has 0 radical (unpaired) electrons. The fourth-order valence-corrected chi connectivity index (χ4v) is 3.95. The number of amides is 1. The highest BCUT2D eigenvalue weighted by molar-refractivity contribution is 6.30. The van der Waals surface area contributed by atoms with Gasteiger partial charge in [-0.1, -0.05) is 34.1 Å². The lowest BCUT2D eigenvalue weighted by atomic mass is 10.1. The van der Waals surface area contributed by atoms with E-state index >= 15 is 0 Å². The molecule has 158 valence electrons. The number of hydrogen-bond donors (Lipinski definition) is 0. The molecule has 8 nitrogen and oxygen atoms in total. The van der Waals surface area contributed by atoms with Crippen LogP contribution in [0.25, 0.3) is 22.4 Å². The molecule has 1 aliphatic heterocycles. The van der Waals surface area contributed by atoms with Crippen LogP contribution in [0.15, 0.2) is 47.0 Å². The van der Waals surface area contributed by atoms with Gasteiger partial charge in [0.25, 0.3) is 0 Å². The van der Waals surface area contributed by atoms with E-state index in [0.717, 1.165) is 48.1 Å². The molecule has 0 atom stereocenters. The summed E-state index contributed by atoms with van der Waals surface area (Å²) in [6, 6.07) is 13.3. The van der Waals surface area contributed by atoms with Crippen molar-refractivity contribution in [3.63, 3.8) is 0 Å². The Morgan fingerprint density at radius 1 is 1.10 bits per heavy atom. The number of hydrogen-bond acceptors (Lipinski definition) is 6. The van der Waals surface area contributed by atoms with E-state index in [1.165, 1.54) is 0 Å². The van der Waals surface area contributed by atoms with Crippen LogP contribution >= 0.6 is 11.6 Å². The Morgan fingerprint density at radius 3 is 2.71 bits per heavy atom. The number of fused-ring (bicyclic) bond motifs is 1. The smallest absolute Gasteiger partial charge is 0.231 e. The van der Waals surface area contributed by atoms with E-state index < -0.39 is 0 Å². The van der Waals surface area contributed by atoms with Crippen molar-refractivity contribution < 1.29 is 9.32 Å². The van der Waals surface area contributed by atoms with Crippen molar-refractivity contribution in [1.29, 1.82) is 0 Å². The van der Waals surface area contributed by atoms with Crippen LogP contribution < -0.4 is 0 Å². The molecule has 1 fully saturated rings. The van der Waals surface area contributed by atoms with Gasteiger partial charge in [-0.15, -0.1) is 5.10 Å². The molecular formula is C22H21ClN6O2. The molecule has 0 spiro atoms. The predicted octanol–water partition coefficient (Wildman–Crippen LogP) is 3.74. The van der Waals surface area contributed by atoms with Gasteiger partial charge < -0.3 is 9.42 Å². The molecule has 4 aromatic rings. The van der Waals surface area contributed by atoms with Gasteiger partial charge in [0.15, 0.2) is 0 Å². The fourth-order valence-electron chi connectivity index (χ4n) is 3.82. The topological polar surface area (TPSA) is 89.9 Å². The number of benzene rings is 2. The molecule has 2 aromatic carbocycles. The van der Waals surface area contributed by atoms with Crippen molar-refractivity contribution in [3.05, 3.63) is 58.9 Å². The SMILES string of the molecule is O=C(CCn1nnc2cc(-c3noc(Cc4ccc(Cl)cc4)n3)ccc21)N1CCCC1. The minimum atomic E-state index is 0.179. The molecule has 0 bridgehead atoms. The van der Waals surface area contributed by atoms with Crippen molar-refractivity contribution in [1.82, 2.24) is 30.0 Å². The lowest BCUT2D eigenvalue weighted by Crippen LogP contribution is -2.28. The van der Waals surface area contributed by atoms with Crippen LogP contribution in [0, 0.1) is 0 Å². The first-order valence-corrected chi connectivity index (χ1v) is 10.7. The maximum atomic E-state index is 12.3. The van der Waals surface area contributed by atoms with E-state index in [-0.39, 0.29) is 5.91 Å². The normalized spacial score (nSPS) is 13.9. The standard InChI is InChI=1S/C22H21ClN6O2/c23-17-6-3-15(4-7-17)13-20-24-22(26-31-20)16-5-8-19-18(14-16)25-27-29(19)12-9-21(30)28-10-1-2-11-28/h3-8,14H,1-2,9-13H2. The van der Waals surface area contributed by atoms with Crippen molar-refractivity contribution in [2.45, 2.75) is 32.2 Å². The highest BCUT2D eigenvalue weighted by Crippen LogP contribution is 2.22. The zero-order valence-electron chi connectivity index (χ0n) is 16.9. The van der Waals surface area contributed by atoms with E-state index in [4.69, 9.17) is 16.1 Å². The van der Waals surface area contributed by atoms with Gasteiger partial charge in [0.05, 0.1) is 18.5 Å². The summed E-state index contributed by atoms with van der Waals surface area (Å²) in [7, 11) is 0. The Morgan fingerprint density at radius 2 is 1.90 bits per heavy atom. The molecule has 1 saturated heterocycles. The Labute approximate surface area is 183 Å². The Kier molecular flexibility index (Phi) is 5.38. The Hall–Kier alpha value is -3.26. The number of rotatable bonds is 6. The molecule has 3 heterocycles. The van der Waals surface area contributed by atoms with Crippen LogP contribution in [0.4, 0.5) is 0 Å². The minimum absolute atomic E-state index is 0.179. The van der Waals surface area contributed by atoms with Crippen LogP contribution in [-0.2, 0) is 17.8 Å². The van der Waals surface area contributed by atoms with Gasteiger partial charge >= 0.3 is 0 Å². The van der Waals surface area contributed by atoms with E-state index in [0.29, 0.717) is 36.1 Å². The fraction of sp³-hybridized carbons (Fsp3) is 0.318. The van der Waals surface area contributed by atoms with Crippen LogP contribution in [0.2, 0.25) is 5.02 Å². The first-order chi connectivity index (χ1) is 15.2. The molecule has 1 amide bonds. The number of nitrogens with zero attached hydrogens (tertiary/aromatic N) is 6. The third-order valence-corrected chi connectivity index (χ3v) is 5.76. The van der Waals surface area contributed by atoms with Crippen LogP contribution in [0.5, 0.6) is 0 Å². The summed E-state index contributed by atoms with van der Waals surface area (Å²) in [6.07, 6.45) is 3.16. The highest BCUT2D eigenvalue weighted by atomic mass is 35.5. The van der Waals surface area contributed by atoms with Crippen LogP contribution in [-0.4, -0.2) is 49.0 Å². The number of aryl methyl sites for hydroxylation is 1. The first kappa shape index (κ1) is 19.7. The molecule has 0 aliphatic carbocycles. The van der Waals surface area contributed by atoms with Crippen LogP contribution in [0.3, 0.4) is 0 Å². The van der Waals surface area contributed by atoms with Crippen molar-refractivity contribution in [2.24, 2.45) is 0 Å². The summed E-state index contributed by atoms with van der Waals surface area (Å²) in [5.41, 5.74) is 3.46. The minimum Gasteiger partial charge on any atom is -0.343 e. The zero-order valence-corrected chi connectivity index (χ0v) is 17.6. The zero-order chi connectivity index (χ0) is 21.2. The average molecular weight is 437 g/mol. The van der Waals surface area contributed by atoms with Crippen molar-refractivity contribution in [3.8, 4) is 11.4 Å². The summed E-state index contributed by atoms with van der Waals surface area (Å²) in [5.74, 6) is 1.21. The highest BCUT2D eigenvalue weighted by Gasteiger charge is 2.18. The second-order valence-corrected chi connectivity index (χ2v) is 8.11. The molecule has 9 heteroatoms. The van der Waals surface area contributed by atoms with Gasteiger partial charge in [-0.2, -0.15) is 4.98 Å². The summed E-state index contributed by atoms with van der Waals surface area (Å²) in [6.45, 7) is 2.24. The Bertz CT molecular complexity index is 1210. The molecule has 0 N–H and O–H groups in total. The summed E-state index contributed by atoms with van der Waals surface area (Å²) in [4.78, 5) is 18.7. The van der Waals surface area contributed by atoms with Gasteiger partial charge in [-0.25, -0.2) is 4.68 Å². The molecule has 2 aromatic heterocycles. The monoisotopic (exact) mass is 436 g/mol. The predicted molar refractivity (Wildman–Crippen MR) is 116 cm³/mol. The number of aromatic nitrogens is 5. The molecular weight excluding hydrogens is 416 g/mol. The summed E-state index contributed by atoms with van der Waals surface area (Å²) in [5, 5.41) is 13.3. The largest absolute Gasteiger partial charge is 0.343 e. The lowest BCUT2D eigenvalue weighted by molar-refractivity contribution is -0.130. The van der Waals surface area contributed by atoms with Gasteiger partial charge in [0.1, 0.15) is 5.52 Å². The first-order valence-electron chi connectivity index (χ1n) is 10.3. The third-order valence-electron chi connectivity index (χ3n) is 5.51. The van der Waals surface area contributed by atoms with Crippen molar-refractivity contribution >= 4 is 28.5 Å². The Balaban J connectivity index is 1.28. The van der Waals surface area contributed by atoms with Crippen molar-refractivity contribution in [2.75, 3.05) is 13.1 Å². The second kappa shape index (κ2) is 8.47. The number of likely N-dealkylation sites (tertiary alicyclic amines) is 1. The number of carbonyl (C=O) groups excluding carboxylic acids is 1. The molecule has 0 saturated carbocycles. The van der Waals surface area contributed by atoms with E-state index in [9.17, 15) is 4.79 Å². The summed E-state index contributed by atoms with van der Waals surface area (Å²) >= 11 is 5.93. The van der Waals surface area contributed by atoms with E-state index in [1.54, 1.807) is 4.68 Å². The lowest BCUT2D eigenvalue weighted by Gasteiger charge is -2.14. The van der Waals surface area contributed by atoms with E-state index in [2.05, 4.69) is 20.5 Å². The van der Waals surface area contributed by atoms with E-state index in [1.807, 2.05) is 47.4 Å². The molecule has 5 rings (SSSR count). The molecule has 0 unspecified atom stereocenters. The molecule has 1 aliphatic rings.